The Bertz CT molecular complexity index is 520. The Hall–Kier alpha value is -1.65. The van der Waals surface area contributed by atoms with Gasteiger partial charge in [0.2, 0.25) is 5.91 Å². The molecule has 0 saturated carbocycles. The van der Waals surface area contributed by atoms with Crippen LogP contribution in [0.5, 0.6) is 0 Å². The maximum Gasteiger partial charge on any atom is 0.267 e. The summed E-state index contributed by atoms with van der Waals surface area (Å²) in [6.07, 6.45) is 4.20. The van der Waals surface area contributed by atoms with Crippen LogP contribution in [-0.4, -0.2) is 22.2 Å². The molecule has 104 valence electrons. The van der Waals surface area contributed by atoms with Gasteiger partial charge < -0.3 is 5.32 Å². The third-order valence-corrected chi connectivity index (χ3v) is 3.42. The average Bonchev–Trinajstić information content (AvgIpc) is 2.39. The highest BCUT2D eigenvalue weighted by Gasteiger charge is 2.13. The number of aromatic nitrogens is 2. The van der Waals surface area contributed by atoms with Crippen LogP contribution in [0.25, 0.3) is 0 Å². The SMILES string of the molecule is CC(C)C(=O)NCCn1nc2c(cc1=O)CCCC2. The van der Waals surface area contributed by atoms with E-state index in [0.29, 0.717) is 13.1 Å². The van der Waals surface area contributed by atoms with Gasteiger partial charge in [0.1, 0.15) is 0 Å². The van der Waals surface area contributed by atoms with Gasteiger partial charge in [0, 0.05) is 18.5 Å². The maximum atomic E-state index is 11.9. The molecule has 1 aliphatic rings. The molecule has 0 atom stereocenters. The second-order valence-corrected chi connectivity index (χ2v) is 5.33. The third kappa shape index (κ3) is 3.43. The van der Waals surface area contributed by atoms with E-state index in [4.69, 9.17) is 0 Å². The number of nitrogens with one attached hydrogen (secondary N) is 1. The lowest BCUT2D eigenvalue weighted by Crippen LogP contribution is -2.34. The summed E-state index contributed by atoms with van der Waals surface area (Å²) in [5.74, 6) is -0.0285. The lowest BCUT2D eigenvalue weighted by molar-refractivity contribution is -0.124. The fraction of sp³-hybridized carbons (Fsp3) is 0.643. The van der Waals surface area contributed by atoms with Gasteiger partial charge in [0.25, 0.3) is 5.56 Å². The van der Waals surface area contributed by atoms with Crippen molar-refractivity contribution in [3.8, 4) is 0 Å². The molecule has 0 aliphatic heterocycles. The second-order valence-electron chi connectivity index (χ2n) is 5.33. The molecule has 5 heteroatoms. The van der Waals surface area contributed by atoms with Gasteiger partial charge in [-0.05, 0) is 31.2 Å². The summed E-state index contributed by atoms with van der Waals surface area (Å²) in [5.41, 5.74) is 2.07. The van der Waals surface area contributed by atoms with Gasteiger partial charge in [-0.15, -0.1) is 0 Å². The molecule has 1 aliphatic carbocycles. The molecule has 0 fully saturated rings. The first-order valence-corrected chi connectivity index (χ1v) is 6.95. The molecule has 1 aromatic rings. The summed E-state index contributed by atoms with van der Waals surface area (Å²) in [5, 5.41) is 7.21. The Labute approximate surface area is 113 Å². The van der Waals surface area contributed by atoms with Crippen molar-refractivity contribution in [2.24, 2.45) is 5.92 Å². The number of fused-ring (bicyclic) bond motifs is 1. The number of rotatable bonds is 4. The molecule has 0 unspecified atom stereocenters. The van der Waals surface area contributed by atoms with Crippen LogP contribution in [-0.2, 0) is 24.2 Å². The van der Waals surface area contributed by atoms with Crippen LogP contribution in [0.3, 0.4) is 0 Å². The molecule has 0 radical (unpaired) electrons. The third-order valence-electron chi connectivity index (χ3n) is 3.42. The zero-order valence-electron chi connectivity index (χ0n) is 11.6. The highest BCUT2D eigenvalue weighted by atomic mass is 16.2. The minimum atomic E-state index is -0.0700. The van der Waals surface area contributed by atoms with Crippen molar-refractivity contribution in [2.75, 3.05) is 6.54 Å². The maximum absolute atomic E-state index is 11.9. The van der Waals surface area contributed by atoms with Crippen LogP contribution in [0.2, 0.25) is 0 Å². The number of nitrogens with zero attached hydrogens (tertiary/aromatic N) is 2. The molecule has 1 N–H and O–H groups in total. The predicted octanol–water partition coefficient (Wildman–Crippen LogP) is 0.894. The fourth-order valence-corrected chi connectivity index (χ4v) is 2.25. The molecule has 1 amide bonds. The van der Waals surface area contributed by atoms with E-state index >= 15 is 0 Å². The first-order valence-electron chi connectivity index (χ1n) is 6.95. The van der Waals surface area contributed by atoms with E-state index in [-0.39, 0.29) is 17.4 Å². The van der Waals surface area contributed by atoms with E-state index < -0.39 is 0 Å². The number of hydrogen-bond acceptors (Lipinski definition) is 3. The topological polar surface area (TPSA) is 64.0 Å². The van der Waals surface area contributed by atoms with Gasteiger partial charge in [-0.25, -0.2) is 4.68 Å². The molecule has 5 nitrogen and oxygen atoms in total. The normalized spacial score (nSPS) is 14.3. The number of carbonyl (C=O) groups excluding carboxylic acids is 1. The summed E-state index contributed by atoms with van der Waals surface area (Å²) in [7, 11) is 0. The number of carbonyl (C=O) groups is 1. The molecule has 1 heterocycles. The lowest BCUT2D eigenvalue weighted by Gasteiger charge is -2.16. The molecule has 1 aromatic heterocycles. The monoisotopic (exact) mass is 263 g/mol. The highest BCUT2D eigenvalue weighted by molar-refractivity contribution is 5.77. The smallest absolute Gasteiger partial charge is 0.267 e. The van der Waals surface area contributed by atoms with Gasteiger partial charge in [0.05, 0.1) is 12.2 Å². The highest BCUT2D eigenvalue weighted by Crippen LogP contribution is 2.16. The van der Waals surface area contributed by atoms with Gasteiger partial charge in [-0.2, -0.15) is 5.10 Å². The summed E-state index contributed by atoms with van der Waals surface area (Å²) in [4.78, 5) is 23.3. The van der Waals surface area contributed by atoms with E-state index in [0.717, 1.165) is 36.9 Å². The summed E-state index contributed by atoms with van der Waals surface area (Å²) >= 11 is 0. The van der Waals surface area contributed by atoms with Gasteiger partial charge in [-0.3, -0.25) is 9.59 Å². The van der Waals surface area contributed by atoms with Crippen molar-refractivity contribution in [3.05, 3.63) is 27.7 Å². The van der Waals surface area contributed by atoms with Crippen molar-refractivity contribution < 1.29 is 4.79 Å². The zero-order chi connectivity index (χ0) is 13.8. The summed E-state index contributed by atoms with van der Waals surface area (Å²) < 4.78 is 1.46. The average molecular weight is 263 g/mol. The molecular formula is C14H21N3O2. The summed E-state index contributed by atoms with van der Waals surface area (Å²) in [6, 6.07) is 1.70. The molecular weight excluding hydrogens is 242 g/mol. The molecule has 0 bridgehead atoms. The summed E-state index contributed by atoms with van der Waals surface area (Å²) in [6.45, 7) is 4.57. The van der Waals surface area contributed by atoms with Gasteiger partial charge >= 0.3 is 0 Å². The molecule has 0 saturated heterocycles. The fourth-order valence-electron chi connectivity index (χ4n) is 2.25. The molecule has 19 heavy (non-hydrogen) atoms. The number of amides is 1. The standard InChI is InChI=1S/C14H21N3O2/c1-10(2)14(19)15-7-8-17-13(18)9-11-5-3-4-6-12(11)16-17/h9-10H,3-8H2,1-2H3,(H,15,19). The van der Waals surface area contributed by atoms with Crippen LogP contribution >= 0.6 is 0 Å². The van der Waals surface area contributed by atoms with Crippen LogP contribution in [0.15, 0.2) is 10.9 Å². The van der Waals surface area contributed by atoms with Crippen molar-refractivity contribution in [2.45, 2.75) is 46.1 Å². The molecule has 0 aromatic carbocycles. The van der Waals surface area contributed by atoms with Crippen molar-refractivity contribution in [1.82, 2.24) is 15.1 Å². The van der Waals surface area contributed by atoms with E-state index in [9.17, 15) is 9.59 Å². The first-order chi connectivity index (χ1) is 9.08. The number of aryl methyl sites for hydroxylation is 2. The zero-order valence-corrected chi connectivity index (χ0v) is 11.6. The Kier molecular flexibility index (Phi) is 4.35. The lowest BCUT2D eigenvalue weighted by atomic mass is 9.97. The Morgan fingerprint density at radius 1 is 1.42 bits per heavy atom. The van der Waals surface area contributed by atoms with Crippen molar-refractivity contribution >= 4 is 5.91 Å². The van der Waals surface area contributed by atoms with Crippen LogP contribution in [0.4, 0.5) is 0 Å². The minimum absolute atomic E-state index is 0.00556. The minimum Gasteiger partial charge on any atom is -0.354 e. The molecule has 2 rings (SSSR count). The van der Waals surface area contributed by atoms with Crippen LogP contribution in [0, 0.1) is 5.92 Å². The van der Waals surface area contributed by atoms with E-state index in [1.54, 1.807) is 6.07 Å². The Balaban J connectivity index is 2.01. The van der Waals surface area contributed by atoms with E-state index in [2.05, 4.69) is 10.4 Å². The van der Waals surface area contributed by atoms with Gasteiger partial charge in [0.15, 0.2) is 0 Å². The van der Waals surface area contributed by atoms with Gasteiger partial charge in [-0.1, -0.05) is 13.8 Å². The van der Waals surface area contributed by atoms with Crippen LogP contribution < -0.4 is 10.9 Å². The Morgan fingerprint density at radius 3 is 2.89 bits per heavy atom. The van der Waals surface area contributed by atoms with Crippen molar-refractivity contribution in [3.63, 3.8) is 0 Å². The van der Waals surface area contributed by atoms with E-state index in [1.807, 2.05) is 13.8 Å². The van der Waals surface area contributed by atoms with E-state index in [1.165, 1.54) is 4.68 Å². The van der Waals surface area contributed by atoms with Crippen LogP contribution in [0.1, 0.15) is 37.9 Å². The Morgan fingerprint density at radius 2 is 2.16 bits per heavy atom. The largest absolute Gasteiger partial charge is 0.354 e. The first kappa shape index (κ1) is 13.8. The molecule has 0 spiro atoms. The quantitative estimate of drug-likeness (QED) is 0.877. The predicted molar refractivity (Wildman–Crippen MR) is 73.0 cm³/mol. The van der Waals surface area contributed by atoms with Crippen molar-refractivity contribution in [1.29, 1.82) is 0 Å². The number of hydrogen-bond donors (Lipinski definition) is 1. The second kappa shape index (κ2) is 5.99.